The van der Waals surface area contributed by atoms with E-state index >= 15 is 0 Å². The summed E-state index contributed by atoms with van der Waals surface area (Å²) in [5.41, 5.74) is 7.86. The zero-order chi connectivity index (χ0) is 14.1. The summed E-state index contributed by atoms with van der Waals surface area (Å²) in [5.74, 6) is 0. The first-order chi connectivity index (χ1) is 9.65. The molecular formula is C14H13BrN4S. The van der Waals surface area contributed by atoms with Crippen LogP contribution in [0.4, 0.5) is 0 Å². The first-order valence-corrected chi connectivity index (χ1v) is 7.79. The molecule has 0 saturated carbocycles. The van der Waals surface area contributed by atoms with Crippen molar-refractivity contribution in [3.63, 3.8) is 0 Å². The third-order valence-corrected chi connectivity index (χ3v) is 4.59. The molecule has 4 nitrogen and oxygen atoms in total. The summed E-state index contributed by atoms with van der Waals surface area (Å²) in [6, 6.07) is 12.0. The van der Waals surface area contributed by atoms with E-state index in [0.717, 1.165) is 25.7 Å². The standard InChI is InChI=1S/C14H13BrN4S/c1-9(16)11-6-5-10(8-12(11)15)20-14-18-17-13-4-2-3-7-19(13)14/h2-9H,16H2,1H3/t9-/m0/s1. The van der Waals surface area contributed by atoms with Gasteiger partial charge in [-0.15, -0.1) is 10.2 Å². The zero-order valence-corrected chi connectivity index (χ0v) is 13.2. The molecule has 0 radical (unpaired) electrons. The van der Waals surface area contributed by atoms with Crippen molar-refractivity contribution < 1.29 is 0 Å². The number of nitrogens with two attached hydrogens (primary N) is 1. The maximum Gasteiger partial charge on any atom is 0.200 e. The van der Waals surface area contributed by atoms with Crippen LogP contribution in [0.3, 0.4) is 0 Å². The van der Waals surface area contributed by atoms with Crippen LogP contribution in [-0.4, -0.2) is 14.6 Å². The highest BCUT2D eigenvalue weighted by Gasteiger charge is 2.09. The van der Waals surface area contributed by atoms with E-state index < -0.39 is 0 Å². The van der Waals surface area contributed by atoms with Crippen LogP contribution in [-0.2, 0) is 0 Å². The lowest BCUT2D eigenvalue weighted by Crippen LogP contribution is -2.05. The monoisotopic (exact) mass is 348 g/mol. The number of pyridine rings is 1. The molecule has 2 N–H and O–H groups in total. The van der Waals surface area contributed by atoms with Crippen molar-refractivity contribution in [3.05, 3.63) is 52.6 Å². The van der Waals surface area contributed by atoms with Crippen molar-refractivity contribution in [1.29, 1.82) is 0 Å². The minimum Gasteiger partial charge on any atom is -0.324 e. The fourth-order valence-electron chi connectivity index (χ4n) is 1.94. The Labute approximate surface area is 129 Å². The number of nitrogens with zero attached hydrogens (tertiary/aromatic N) is 3. The maximum atomic E-state index is 5.91. The van der Waals surface area contributed by atoms with Crippen molar-refractivity contribution in [1.82, 2.24) is 14.6 Å². The van der Waals surface area contributed by atoms with Gasteiger partial charge < -0.3 is 5.73 Å². The van der Waals surface area contributed by atoms with Crippen LogP contribution < -0.4 is 5.73 Å². The molecule has 0 spiro atoms. The van der Waals surface area contributed by atoms with Gasteiger partial charge in [0.2, 0.25) is 0 Å². The molecule has 102 valence electrons. The molecule has 3 rings (SSSR count). The van der Waals surface area contributed by atoms with Crippen LogP contribution in [0.2, 0.25) is 0 Å². The van der Waals surface area contributed by atoms with Gasteiger partial charge in [0.25, 0.3) is 0 Å². The van der Waals surface area contributed by atoms with E-state index in [0.29, 0.717) is 0 Å². The Balaban J connectivity index is 1.93. The summed E-state index contributed by atoms with van der Waals surface area (Å²) < 4.78 is 2.99. The smallest absolute Gasteiger partial charge is 0.200 e. The molecule has 0 amide bonds. The van der Waals surface area contributed by atoms with Gasteiger partial charge in [-0.05, 0) is 48.5 Å². The molecule has 6 heteroatoms. The van der Waals surface area contributed by atoms with Crippen molar-refractivity contribution in [2.24, 2.45) is 5.73 Å². The SMILES string of the molecule is C[C@H](N)c1ccc(Sc2nnc3ccccn23)cc1Br. The van der Waals surface area contributed by atoms with E-state index in [-0.39, 0.29) is 6.04 Å². The third-order valence-electron chi connectivity index (χ3n) is 2.95. The van der Waals surface area contributed by atoms with Crippen LogP contribution in [0.15, 0.2) is 57.1 Å². The lowest BCUT2D eigenvalue weighted by Gasteiger charge is -2.09. The number of rotatable bonds is 3. The van der Waals surface area contributed by atoms with Crippen molar-refractivity contribution in [2.75, 3.05) is 0 Å². The van der Waals surface area contributed by atoms with Crippen LogP contribution >= 0.6 is 27.7 Å². The third kappa shape index (κ3) is 2.59. The first kappa shape index (κ1) is 13.6. The molecule has 2 aromatic heterocycles. The molecule has 0 saturated heterocycles. The number of hydrogen-bond donors (Lipinski definition) is 1. The van der Waals surface area contributed by atoms with Gasteiger partial charge in [-0.25, -0.2) is 0 Å². The normalized spacial score (nSPS) is 12.8. The van der Waals surface area contributed by atoms with E-state index in [1.807, 2.05) is 41.8 Å². The Bertz CT molecular complexity index is 754. The van der Waals surface area contributed by atoms with Crippen LogP contribution in [0.5, 0.6) is 0 Å². The van der Waals surface area contributed by atoms with Gasteiger partial charge in [0.15, 0.2) is 10.8 Å². The molecule has 0 bridgehead atoms. The van der Waals surface area contributed by atoms with E-state index in [9.17, 15) is 0 Å². The molecule has 3 aromatic rings. The van der Waals surface area contributed by atoms with Gasteiger partial charge >= 0.3 is 0 Å². The Morgan fingerprint density at radius 3 is 2.85 bits per heavy atom. The number of halogens is 1. The van der Waals surface area contributed by atoms with Gasteiger partial charge in [-0.2, -0.15) is 0 Å². The van der Waals surface area contributed by atoms with Gasteiger partial charge in [0, 0.05) is 21.6 Å². The lowest BCUT2D eigenvalue weighted by molar-refractivity contribution is 0.811. The molecule has 2 heterocycles. The molecule has 0 fully saturated rings. The summed E-state index contributed by atoms with van der Waals surface area (Å²) >= 11 is 5.14. The van der Waals surface area contributed by atoms with Gasteiger partial charge in [0.05, 0.1) is 0 Å². The van der Waals surface area contributed by atoms with E-state index in [1.165, 1.54) is 0 Å². The second-order valence-corrected chi connectivity index (χ2v) is 6.38. The summed E-state index contributed by atoms with van der Waals surface area (Å²) in [5, 5.41) is 9.21. The Hall–Kier alpha value is -1.37. The lowest BCUT2D eigenvalue weighted by atomic mass is 10.1. The van der Waals surface area contributed by atoms with Gasteiger partial charge in [0.1, 0.15) is 0 Å². The Kier molecular flexibility index (Phi) is 3.78. The quantitative estimate of drug-likeness (QED) is 0.784. The average Bonchev–Trinajstić information content (AvgIpc) is 2.82. The molecule has 0 unspecified atom stereocenters. The number of hydrogen-bond acceptors (Lipinski definition) is 4. The van der Waals surface area contributed by atoms with Gasteiger partial charge in [-0.3, -0.25) is 4.40 Å². The number of benzene rings is 1. The highest BCUT2D eigenvalue weighted by atomic mass is 79.9. The highest BCUT2D eigenvalue weighted by molar-refractivity contribution is 9.10. The van der Waals surface area contributed by atoms with Crippen LogP contribution in [0, 0.1) is 0 Å². The first-order valence-electron chi connectivity index (χ1n) is 6.18. The van der Waals surface area contributed by atoms with Crippen LogP contribution in [0.1, 0.15) is 18.5 Å². The summed E-state index contributed by atoms with van der Waals surface area (Å²) in [6.07, 6.45) is 1.96. The molecular weight excluding hydrogens is 336 g/mol. The van der Waals surface area contributed by atoms with Crippen molar-refractivity contribution in [3.8, 4) is 0 Å². The predicted octanol–water partition coefficient (Wildman–Crippen LogP) is 3.66. The number of aromatic nitrogens is 3. The van der Waals surface area contributed by atoms with E-state index in [2.05, 4.69) is 38.3 Å². The molecule has 0 aliphatic carbocycles. The Morgan fingerprint density at radius 2 is 2.10 bits per heavy atom. The fourth-order valence-corrected chi connectivity index (χ4v) is 3.68. The summed E-state index contributed by atoms with van der Waals surface area (Å²) in [7, 11) is 0. The molecule has 20 heavy (non-hydrogen) atoms. The molecule has 0 aliphatic heterocycles. The minimum absolute atomic E-state index is 0.0114. The average molecular weight is 349 g/mol. The van der Waals surface area contributed by atoms with Crippen molar-refractivity contribution >= 4 is 33.3 Å². The molecule has 1 atom stereocenters. The molecule has 0 aliphatic rings. The second kappa shape index (κ2) is 5.55. The highest BCUT2D eigenvalue weighted by Crippen LogP contribution is 2.31. The summed E-state index contributed by atoms with van der Waals surface area (Å²) in [4.78, 5) is 1.10. The van der Waals surface area contributed by atoms with E-state index in [1.54, 1.807) is 11.8 Å². The Morgan fingerprint density at radius 1 is 1.25 bits per heavy atom. The zero-order valence-electron chi connectivity index (χ0n) is 10.8. The van der Waals surface area contributed by atoms with Crippen molar-refractivity contribution in [2.45, 2.75) is 23.0 Å². The predicted molar refractivity (Wildman–Crippen MR) is 83.9 cm³/mol. The van der Waals surface area contributed by atoms with Crippen LogP contribution in [0.25, 0.3) is 5.65 Å². The molecule has 1 aromatic carbocycles. The van der Waals surface area contributed by atoms with E-state index in [4.69, 9.17) is 5.73 Å². The maximum absolute atomic E-state index is 5.91. The van der Waals surface area contributed by atoms with Gasteiger partial charge in [-0.1, -0.05) is 28.1 Å². The largest absolute Gasteiger partial charge is 0.324 e. The fraction of sp³-hybridized carbons (Fsp3) is 0.143. The summed E-state index contributed by atoms with van der Waals surface area (Å²) in [6.45, 7) is 1.97. The number of fused-ring (bicyclic) bond motifs is 1. The second-order valence-electron chi connectivity index (χ2n) is 4.49. The topological polar surface area (TPSA) is 56.2 Å². The minimum atomic E-state index is 0.0114.